The Morgan fingerprint density at radius 1 is 1.16 bits per heavy atom. The quantitative estimate of drug-likeness (QED) is 0.220. The Kier molecular flexibility index (Phi) is 9.74. The molecule has 7 nitrogen and oxygen atoms in total. The van der Waals surface area contributed by atoms with Crippen LogP contribution in [0.2, 0.25) is 0 Å². The monoisotopic (exact) mass is 822 g/mol. The molecule has 2 heterocycles. The average molecular weight is 823 g/mol. The van der Waals surface area contributed by atoms with Crippen molar-refractivity contribution in [3.63, 3.8) is 0 Å². The maximum absolute atomic E-state index is 13.9. The Morgan fingerprint density at radius 3 is 2.45 bits per heavy atom. The minimum atomic E-state index is -0.688. The van der Waals surface area contributed by atoms with E-state index in [0.717, 1.165) is 34.9 Å². The van der Waals surface area contributed by atoms with Crippen LogP contribution in [0.3, 0.4) is 0 Å². The lowest BCUT2D eigenvalue weighted by Gasteiger charge is -2.26. The number of ether oxygens (including phenoxy) is 3. The maximum atomic E-state index is 13.9. The predicted molar refractivity (Wildman–Crippen MR) is 169 cm³/mol. The number of rotatable bonds is 8. The Bertz CT molecular complexity index is 1590. The zero-order valence-electron chi connectivity index (χ0n) is 21.1. The lowest BCUT2D eigenvalue weighted by Crippen LogP contribution is -2.40. The summed E-state index contributed by atoms with van der Waals surface area (Å²) in [4.78, 5) is 32.6. The van der Waals surface area contributed by atoms with Crippen molar-refractivity contribution in [1.29, 1.82) is 0 Å². The van der Waals surface area contributed by atoms with Crippen LogP contribution in [-0.4, -0.2) is 31.4 Å². The molecule has 200 valence electrons. The highest BCUT2D eigenvalue weighted by Gasteiger charge is 2.34. The van der Waals surface area contributed by atoms with Crippen molar-refractivity contribution in [2.45, 2.75) is 32.7 Å². The van der Waals surface area contributed by atoms with E-state index in [2.05, 4.69) is 61.1 Å². The molecule has 3 aromatic rings. The second kappa shape index (κ2) is 12.6. The zero-order chi connectivity index (χ0) is 27.6. The number of esters is 1. The first-order chi connectivity index (χ1) is 18.2. The Morgan fingerprint density at radius 2 is 1.87 bits per heavy atom. The highest BCUT2D eigenvalue weighted by atomic mass is 127. The molecule has 1 aromatic heterocycles. The molecule has 0 spiro atoms. The molecular weight excluding hydrogens is 798 g/mol. The summed E-state index contributed by atoms with van der Waals surface area (Å²) in [6.45, 7) is 4.02. The van der Waals surface area contributed by atoms with Crippen molar-refractivity contribution in [1.82, 2.24) is 4.57 Å². The number of allylic oxidation sites excluding steroid dienone is 1. The highest BCUT2D eigenvalue weighted by molar-refractivity contribution is 14.1. The van der Waals surface area contributed by atoms with E-state index in [-0.39, 0.29) is 12.2 Å². The number of halogens is 3. The Hall–Kier alpha value is -1.71. The molecule has 0 saturated carbocycles. The normalized spacial score (nSPS) is 15.2. The number of hydrogen-bond donors (Lipinski definition) is 0. The number of methoxy groups -OCH3 is 2. The molecule has 1 aliphatic heterocycles. The van der Waals surface area contributed by atoms with E-state index in [1.165, 1.54) is 11.3 Å². The minimum Gasteiger partial charge on any atom is -0.496 e. The van der Waals surface area contributed by atoms with Gasteiger partial charge in [-0.2, -0.15) is 0 Å². The summed E-state index contributed by atoms with van der Waals surface area (Å²) in [5.74, 6) is 0.990. The summed E-state index contributed by atoms with van der Waals surface area (Å²) in [7, 11) is 3.23. The van der Waals surface area contributed by atoms with E-state index in [4.69, 9.17) is 19.2 Å². The van der Waals surface area contributed by atoms with Crippen molar-refractivity contribution >= 4 is 84.5 Å². The number of thiazole rings is 1. The SMILES string of the molecule is CCCC1=C(C(=O)OCC)C(c2ccc(OC)c(Br)c2)n2c(s/c(=C\c3cc(I)c(OC)c(I)c3)c2=O)=N1. The van der Waals surface area contributed by atoms with Crippen molar-refractivity contribution in [2.75, 3.05) is 20.8 Å². The largest absolute Gasteiger partial charge is 0.496 e. The van der Waals surface area contributed by atoms with Gasteiger partial charge in [0.05, 0.1) is 54.3 Å². The van der Waals surface area contributed by atoms with Gasteiger partial charge >= 0.3 is 5.97 Å². The van der Waals surface area contributed by atoms with Crippen LogP contribution >= 0.6 is 72.4 Å². The first-order valence-electron chi connectivity index (χ1n) is 11.8. The minimum absolute atomic E-state index is 0.219. The fraction of sp³-hybridized carbons (Fsp3) is 0.296. The van der Waals surface area contributed by atoms with E-state index in [1.807, 2.05) is 43.3 Å². The Balaban J connectivity index is 2.00. The van der Waals surface area contributed by atoms with Crippen LogP contribution in [0, 0.1) is 7.14 Å². The van der Waals surface area contributed by atoms with E-state index < -0.39 is 12.0 Å². The summed E-state index contributed by atoms with van der Waals surface area (Å²) in [6.07, 6.45) is 3.24. The third-order valence-electron chi connectivity index (χ3n) is 5.91. The van der Waals surface area contributed by atoms with Gasteiger partial charge < -0.3 is 14.2 Å². The molecule has 0 aliphatic carbocycles. The first-order valence-corrected chi connectivity index (χ1v) is 15.6. The summed E-state index contributed by atoms with van der Waals surface area (Å²) < 4.78 is 21.1. The van der Waals surface area contributed by atoms with Crippen LogP contribution in [0.4, 0.5) is 0 Å². The van der Waals surface area contributed by atoms with Gasteiger partial charge in [0.2, 0.25) is 0 Å². The molecule has 0 radical (unpaired) electrons. The predicted octanol–water partition coefficient (Wildman–Crippen LogP) is 5.57. The third kappa shape index (κ3) is 5.75. The average Bonchev–Trinajstić information content (AvgIpc) is 3.17. The summed E-state index contributed by atoms with van der Waals surface area (Å²) in [5, 5.41) is 0. The molecule has 38 heavy (non-hydrogen) atoms. The van der Waals surface area contributed by atoms with Gasteiger partial charge in [0.1, 0.15) is 11.5 Å². The smallest absolute Gasteiger partial charge is 0.338 e. The van der Waals surface area contributed by atoms with E-state index >= 15 is 0 Å². The number of aromatic nitrogens is 1. The lowest BCUT2D eigenvalue weighted by molar-refractivity contribution is -0.139. The lowest BCUT2D eigenvalue weighted by atomic mass is 9.94. The number of nitrogens with zero attached hydrogens (tertiary/aromatic N) is 2. The molecule has 1 unspecified atom stereocenters. The van der Waals surface area contributed by atoms with Crippen molar-refractivity contribution < 1.29 is 19.0 Å². The van der Waals surface area contributed by atoms with Gasteiger partial charge in [-0.05, 0) is 116 Å². The van der Waals surface area contributed by atoms with Crippen molar-refractivity contribution in [3.8, 4) is 11.5 Å². The number of hydrogen-bond acceptors (Lipinski definition) is 7. The van der Waals surface area contributed by atoms with Gasteiger partial charge in [-0.3, -0.25) is 9.36 Å². The highest BCUT2D eigenvalue weighted by Crippen LogP contribution is 2.36. The number of carbonyl (C=O) groups excluding carboxylic acids is 1. The molecule has 4 rings (SSSR count). The summed E-state index contributed by atoms with van der Waals surface area (Å²) in [5.41, 5.74) is 2.45. The molecule has 0 saturated heterocycles. The standard InChI is InChI=1S/C27H25BrI2N2O5S/c1-5-7-19-22(26(34)37-6-2)23(15-8-9-20(35-3)16(28)13-15)32-25(33)21(38-27(32)31-19)12-14-10-17(29)24(36-4)18(30)11-14/h8-13,23H,5-7H2,1-4H3/b21-12-. The Labute approximate surface area is 260 Å². The molecule has 11 heteroatoms. The van der Waals surface area contributed by atoms with Crippen LogP contribution < -0.4 is 24.4 Å². The molecule has 0 N–H and O–H groups in total. The topological polar surface area (TPSA) is 79.1 Å². The zero-order valence-corrected chi connectivity index (χ0v) is 27.9. The van der Waals surface area contributed by atoms with Crippen molar-refractivity contribution in [3.05, 3.63) is 84.0 Å². The van der Waals surface area contributed by atoms with Gasteiger partial charge in [-0.25, -0.2) is 9.79 Å². The molecular formula is C27H25BrI2N2O5S. The first kappa shape index (κ1) is 29.3. The van der Waals surface area contributed by atoms with Crippen molar-refractivity contribution in [2.24, 2.45) is 4.99 Å². The maximum Gasteiger partial charge on any atom is 0.338 e. The van der Waals surface area contributed by atoms with Crippen LogP contribution in [0.25, 0.3) is 6.08 Å². The molecule has 0 bridgehead atoms. The van der Waals surface area contributed by atoms with E-state index in [1.54, 1.807) is 25.7 Å². The van der Waals surface area contributed by atoms with Crippen LogP contribution in [0.1, 0.15) is 43.9 Å². The van der Waals surface area contributed by atoms with Gasteiger partial charge in [0.25, 0.3) is 5.56 Å². The number of carbonyl (C=O) groups is 1. The number of benzene rings is 2. The number of fused-ring (bicyclic) bond motifs is 1. The van der Waals surface area contributed by atoms with Gasteiger partial charge in [-0.1, -0.05) is 30.7 Å². The van der Waals surface area contributed by atoms with E-state index in [0.29, 0.717) is 32.8 Å². The second-order valence-electron chi connectivity index (χ2n) is 8.33. The van der Waals surface area contributed by atoms with Crippen LogP contribution in [0.15, 0.2) is 55.9 Å². The summed E-state index contributed by atoms with van der Waals surface area (Å²) >= 11 is 9.33. The van der Waals surface area contributed by atoms with Gasteiger partial charge in [0.15, 0.2) is 4.80 Å². The third-order valence-corrected chi connectivity index (χ3v) is 9.11. The summed E-state index contributed by atoms with van der Waals surface area (Å²) in [6, 6.07) is 8.83. The molecule has 1 atom stereocenters. The van der Waals surface area contributed by atoms with Gasteiger partial charge in [-0.15, -0.1) is 0 Å². The van der Waals surface area contributed by atoms with E-state index in [9.17, 15) is 9.59 Å². The van der Waals surface area contributed by atoms with Crippen LogP contribution in [-0.2, 0) is 9.53 Å². The molecule has 1 aliphatic rings. The fourth-order valence-electron chi connectivity index (χ4n) is 4.30. The van der Waals surface area contributed by atoms with Gasteiger partial charge in [0, 0.05) is 0 Å². The second-order valence-corrected chi connectivity index (χ2v) is 12.5. The molecule has 0 amide bonds. The van der Waals surface area contributed by atoms with Crippen LogP contribution in [0.5, 0.6) is 11.5 Å². The molecule has 2 aromatic carbocycles. The molecule has 0 fully saturated rings. The fourth-order valence-corrected chi connectivity index (χ4v) is 8.13.